The van der Waals surface area contributed by atoms with Crippen LogP contribution in [0, 0.1) is 5.92 Å². The third kappa shape index (κ3) is 6.02. The maximum Gasteiger partial charge on any atom is 0.332 e. The average Bonchev–Trinajstić information content (AvgIpc) is 3.69. The van der Waals surface area contributed by atoms with Crippen molar-refractivity contribution in [2.45, 2.75) is 46.6 Å². The molecule has 208 valence electrons. The van der Waals surface area contributed by atoms with Crippen molar-refractivity contribution in [3.63, 3.8) is 0 Å². The first-order valence-corrected chi connectivity index (χ1v) is 13.5. The smallest absolute Gasteiger partial charge is 0.332 e. The number of nitrogens with zero attached hydrogens (tertiary/aromatic N) is 5. The Labute approximate surface area is 235 Å². The maximum absolute atomic E-state index is 13.3. The average molecular weight is 575 g/mol. The molecule has 1 fully saturated rings. The summed E-state index contributed by atoms with van der Waals surface area (Å²) >= 11 is 12.1. The minimum absolute atomic E-state index is 0.0200. The lowest BCUT2D eigenvalue weighted by Crippen LogP contribution is -2.39. The topological polar surface area (TPSA) is 124 Å². The maximum atomic E-state index is 13.3. The van der Waals surface area contributed by atoms with E-state index in [-0.39, 0.29) is 23.6 Å². The Morgan fingerprint density at radius 3 is 2.36 bits per heavy atom. The normalized spacial score (nSPS) is 15.6. The van der Waals surface area contributed by atoms with E-state index in [2.05, 4.69) is 15.3 Å². The van der Waals surface area contributed by atoms with Crippen molar-refractivity contribution in [2.24, 2.45) is 20.0 Å². The zero-order valence-electron chi connectivity index (χ0n) is 22.7. The van der Waals surface area contributed by atoms with Gasteiger partial charge in [0.05, 0.1) is 22.5 Å². The van der Waals surface area contributed by atoms with Gasteiger partial charge in [0.15, 0.2) is 11.2 Å². The number of nitrogens with one attached hydrogen (secondary N) is 1. The Balaban J connectivity index is 0.00000100. The molecular weight excluding hydrogens is 543 g/mol. The second-order valence-electron chi connectivity index (χ2n) is 8.53. The zero-order chi connectivity index (χ0) is 29.0. The number of benzene rings is 1. The van der Waals surface area contributed by atoms with Crippen LogP contribution in [0.5, 0.6) is 0 Å². The number of anilines is 2. The van der Waals surface area contributed by atoms with E-state index in [1.165, 1.54) is 4.57 Å². The van der Waals surface area contributed by atoms with Crippen LogP contribution in [-0.4, -0.2) is 34.7 Å². The number of hydrogen-bond donors (Lipinski definition) is 2. The summed E-state index contributed by atoms with van der Waals surface area (Å²) in [4.78, 5) is 46.3. The number of pyridine rings is 1. The molecule has 1 aromatic carbocycles. The van der Waals surface area contributed by atoms with Crippen molar-refractivity contribution in [3.05, 3.63) is 78.7 Å². The van der Waals surface area contributed by atoms with Gasteiger partial charge in [0.2, 0.25) is 5.95 Å². The van der Waals surface area contributed by atoms with E-state index in [1.807, 2.05) is 27.7 Å². The largest absolute Gasteiger partial charge is 0.481 e. The molecule has 5 rings (SSSR count). The number of fused-ring (bicyclic) bond motifs is 1. The molecular formula is C27H32Cl2N6O4. The molecule has 10 nitrogen and oxygen atoms in total. The summed E-state index contributed by atoms with van der Waals surface area (Å²) in [5.41, 5.74) is 1.45. The second kappa shape index (κ2) is 12.5. The van der Waals surface area contributed by atoms with Gasteiger partial charge in [-0.25, -0.2) is 4.79 Å². The van der Waals surface area contributed by atoms with E-state index >= 15 is 0 Å². The van der Waals surface area contributed by atoms with Gasteiger partial charge >= 0.3 is 11.7 Å². The van der Waals surface area contributed by atoms with Crippen LogP contribution in [0.25, 0.3) is 11.2 Å². The van der Waals surface area contributed by atoms with E-state index < -0.39 is 23.1 Å². The standard InChI is InChI=1S/C23H20Cl2N6O4.2C2H6/c1-29-18-19(28-22(29)27-12-5-6-26-17(8-12)13-9-14(13)21(33)34)30(2)23(35)31(20(18)32)10-11-3-4-15(24)16(25)7-11;2*1-2/h3-8,13-14H,9-10H2,1-2H3,(H,33,34)(H,26,27,28);2*1-2H3. The van der Waals surface area contributed by atoms with Crippen LogP contribution in [0.15, 0.2) is 46.1 Å². The number of hydrogen-bond acceptors (Lipinski definition) is 6. The lowest BCUT2D eigenvalue weighted by Gasteiger charge is -2.10. The van der Waals surface area contributed by atoms with Crippen molar-refractivity contribution in [1.29, 1.82) is 0 Å². The number of aliphatic carboxylic acids is 1. The molecule has 1 saturated carbocycles. The summed E-state index contributed by atoms with van der Waals surface area (Å²) in [5, 5.41) is 13.1. The first kappa shape index (κ1) is 29.9. The Morgan fingerprint density at radius 2 is 1.74 bits per heavy atom. The van der Waals surface area contributed by atoms with E-state index in [4.69, 9.17) is 23.2 Å². The highest BCUT2D eigenvalue weighted by Crippen LogP contribution is 2.47. The molecule has 0 radical (unpaired) electrons. The first-order valence-electron chi connectivity index (χ1n) is 12.7. The van der Waals surface area contributed by atoms with Gasteiger partial charge in [0.1, 0.15) is 0 Å². The third-order valence-corrected chi connectivity index (χ3v) is 6.95. The first-order chi connectivity index (χ1) is 18.7. The van der Waals surface area contributed by atoms with Gasteiger partial charge in [-0.3, -0.25) is 23.7 Å². The molecule has 3 aromatic heterocycles. The molecule has 0 amide bonds. The quantitative estimate of drug-likeness (QED) is 0.325. The van der Waals surface area contributed by atoms with Crippen LogP contribution >= 0.6 is 23.2 Å². The van der Waals surface area contributed by atoms with E-state index in [1.54, 1.807) is 55.2 Å². The Kier molecular flexibility index (Phi) is 9.58. The second-order valence-corrected chi connectivity index (χ2v) is 9.34. The van der Waals surface area contributed by atoms with Gasteiger partial charge in [0.25, 0.3) is 5.56 Å². The lowest BCUT2D eigenvalue weighted by atomic mass is 10.2. The minimum atomic E-state index is -0.830. The van der Waals surface area contributed by atoms with Gasteiger partial charge in [-0.2, -0.15) is 4.98 Å². The van der Waals surface area contributed by atoms with Crippen LogP contribution in [0.2, 0.25) is 10.0 Å². The van der Waals surface area contributed by atoms with Crippen molar-refractivity contribution in [1.82, 2.24) is 23.7 Å². The van der Waals surface area contributed by atoms with Gasteiger partial charge in [0, 0.05) is 37.6 Å². The SMILES string of the molecule is CC.CC.Cn1c(Nc2ccnc(C3CC3C(=O)O)c2)nc2c1c(=O)n(Cc1ccc(Cl)c(Cl)c1)c(=O)n2C. The molecule has 0 bridgehead atoms. The summed E-state index contributed by atoms with van der Waals surface area (Å²) in [7, 11) is 3.23. The number of imidazole rings is 1. The van der Waals surface area contributed by atoms with E-state index in [9.17, 15) is 19.5 Å². The van der Waals surface area contributed by atoms with Crippen molar-refractivity contribution in [2.75, 3.05) is 5.32 Å². The molecule has 4 aromatic rings. The molecule has 2 unspecified atom stereocenters. The number of aromatic nitrogens is 5. The third-order valence-electron chi connectivity index (χ3n) is 6.21. The zero-order valence-corrected chi connectivity index (χ0v) is 24.2. The van der Waals surface area contributed by atoms with Gasteiger partial charge < -0.3 is 15.0 Å². The predicted molar refractivity (Wildman–Crippen MR) is 154 cm³/mol. The number of aryl methyl sites for hydroxylation is 2. The number of rotatable bonds is 6. The van der Waals surface area contributed by atoms with Gasteiger partial charge in [-0.05, 0) is 36.2 Å². The van der Waals surface area contributed by atoms with Crippen molar-refractivity contribution >= 4 is 52.0 Å². The molecule has 0 spiro atoms. The van der Waals surface area contributed by atoms with Crippen molar-refractivity contribution < 1.29 is 9.90 Å². The highest BCUT2D eigenvalue weighted by molar-refractivity contribution is 6.42. The lowest BCUT2D eigenvalue weighted by molar-refractivity contribution is -0.138. The fourth-order valence-electron chi connectivity index (χ4n) is 4.17. The summed E-state index contributed by atoms with van der Waals surface area (Å²) < 4.78 is 4.02. The summed E-state index contributed by atoms with van der Waals surface area (Å²) in [5.74, 6) is -1.02. The molecule has 0 saturated heterocycles. The predicted octanol–water partition coefficient (Wildman–Crippen LogP) is 5.17. The Bertz CT molecular complexity index is 1630. The number of carboxylic acids is 1. The monoisotopic (exact) mass is 574 g/mol. The van der Waals surface area contributed by atoms with Gasteiger partial charge in [-0.15, -0.1) is 0 Å². The summed E-state index contributed by atoms with van der Waals surface area (Å²) in [6, 6.07) is 8.43. The Morgan fingerprint density at radius 1 is 1.05 bits per heavy atom. The number of carbonyl (C=O) groups is 1. The Hall–Kier alpha value is -3.63. The highest BCUT2D eigenvalue weighted by atomic mass is 35.5. The number of halogens is 2. The van der Waals surface area contributed by atoms with Crippen LogP contribution < -0.4 is 16.6 Å². The molecule has 12 heteroatoms. The van der Waals surface area contributed by atoms with Crippen LogP contribution in [0.1, 0.15) is 51.3 Å². The van der Waals surface area contributed by atoms with Crippen LogP contribution in [0.3, 0.4) is 0 Å². The molecule has 2 N–H and O–H groups in total. The van der Waals surface area contributed by atoms with E-state index in [0.29, 0.717) is 39.4 Å². The van der Waals surface area contributed by atoms with Crippen LogP contribution in [-0.2, 0) is 25.4 Å². The molecule has 0 aliphatic heterocycles. The highest BCUT2D eigenvalue weighted by Gasteiger charge is 2.45. The molecule has 1 aliphatic carbocycles. The fraction of sp³-hybridized carbons (Fsp3) is 0.370. The number of carboxylic acid groups (broad SMARTS) is 1. The molecule has 39 heavy (non-hydrogen) atoms. The van der Waals surface area contributed by atoms with E-state index in [0.717, 1.165) is 4.57 Å². The molecule has 1 aliphatic rings. The molecule has 2 atom stereocenters. The fourth-order valence-corrected chi connectivity index (χ4v) is 4.49. The summed E-state index contributed by atoms with van der Waals surface area (Å²) in [6.45, 7) is 8.02. The van der Waals surface area contributed by atoms with Crippen LogP contribution in [0.4, 0.5) is 11.6 Å². The van der Waals surface area contributed by atoms with Crippen molar-refractivity contribution in [3.8, 4) is 0 Å². The summed E-state index contributed by atoms with van der Waals surface area (Å²) in [6.07, 6.45) is 2.15. The minimum Gasteiger partial charge on any atom is -0.481 e. The van der Waals surface area contributed by atoms with Gasteiger partial charge in [-0.1, -0.05) is 57.0 Å². The molecule has 3 heterocycles.